The molecule has 4 N–H and O–H groups in total. The van der Waals surface area contributed by atoms with Crippen molar-refractivity contribution in [3.8, 4) is 11.3 Å². The van der Waals surface area contributed by atoms with Gasteiger partial charge in [0, 0.05) is 24.8 Å². The Bertz CT molecular complexity index is 1460. The molecule has 4 aromatic rings. The Hall–Kier alpha value is -3.82. The van der Waals surface area contributed by atoms with E-state index in [1.165, 1.54) is 18.3 Å². The number of benzene rings is 1. The van der Waals surface area contributed by atoms with Gasteiger partial charge in [-0.3, -0.25) is 4.79 Å². The van der Waals surface area contributed by atoms with Crippen molar-refractivity contribution in [1.29, 1.82) is 0 Å². The van der Waals surface area contributed by atoms with Crippen LogP contribution in [0.1, 0.15) is 32.3 Å². The molecule has 0 spiro atoms. The summed E-state index contributed by atoms with van der Waals surface area (Å²) in [6.07, 6.45) is 4.44. The minimum Gasteiger partial charge on any atom is -0.393 e. The van der Waals surface area contributed by atoms with E-state index in [9.17, 15) is 19.4 Å². The molecule has 0 atom stereocenters. The number of fused-ring (bicyclic) bond motifs is 1. The molecule has 1 aliphatic rings. The first-order valence-electron chi connectivity index (χ1n) is 11.9. The molecule has 1 fully saturated rings. The van der Waals surface area contributed by atoms with Gasteiger partial charge in [-0.25, -0.2) is 14.4 Å². The van der Waals surface area contributed by atoms with Gasteiger partial charge < -0.3 is 25.4 Å². The fourth-order valence-electron chi connectivity index (χ4n) is 4.44. The van der Waals surface area contributed by atoms with Gasteiger partial charge in [0.2, 0.25) is 0 Å². The predicted molar refractivity (Wildman–Crippen MR) is 138 cm³/mol. The third kappa shape index (κ3) is 4.80. The van der Waals surface area contributed by atoms with E-state index in [-0.39, 0.29) is 17.2 Å². The molecular weight excluding hydrogens is 461 g/mol. The standard InChI is InChI=1S/C27H28FN5O3/c1-27(2,36)16-3-5-20(28)19(13-16)22-14-23(25-21(31-22)7-10-29-26(25)35)32-24-6-4-17(15-30-24)33-11-8-18(34)9-12-33/h3-7,10,13-15,18,34,36H,8-9,11-12H2,1-2H3,(H,29,35)(H,30,31,32). The zero-order chi connectivity index (χ0) is 25.4. The first-order valence-corrected chi connectivity index (χ1v) is 11.9. The maximum absolute atomic E-state index is 14.9. The highest BCUT2D eigenvalue weighted by molar-refractivity contribution is 5.94. The third-order valence-electron chi connectivity index (χ3n) is 6.52. The second-order valence-corrected chi connectivity index (χ2v) is 9.62. The lowest BCUT2D eigenvalue weighted by molar-refractivity contribution is 0.0786. The smallest absolute Gasteiger partial charge is 0.259 e. The summed E-state index contributed by atoms with van der Waals surface area (Å²) in [5.74, 6) is 0.0305. The highest BCUT2D eigenvalue weighted by Gasteiger charge is 2.21. The number of anilines is 3. The summed E-state index contributed by atoms with van der Waals surface area (Å²) in [4.78, 5) is 26.6. The van der Waals surface area contributed by atoms with E-state index in [0.29, 0.717) is 33.7 Å². The fourth-order valence-corrected chi connectivity index (χ4v) is 4.44. The highest BCUT2D eigenvalue weighted by Crippen LogP contribution is 2.32. The zero-order valence-corrected chi connectivity index (χ0v) is 20.1. The van der Waals surface area contributed by atoms with Crippen LogP contribution < -0.4 is 15.8 Å². The van der Waals surface area contributed by atoms with Crippen molar-refractivity contribution < 1.29 is 14.6 Å². The first kappa shape index (κ1) is 23.9. The van der Waals surface area contributed by atoms with E-state index in [2.05, 4.69) is 25.2 Å². The average Bonchev–Trinajstić information content (AvgIpc) is 2.84. The maximum Gasteiger partial charge on any atom is 0.259 e. The number of aliphatic hydroxyl groups excluding tert-OH is 1. The van der Waals surface area contributed by atoms with Gasteiger partial charge in [0.05, 0.1) is 45.9 Å². The number of aliphatic hydroxyl groups is 2. The van der Waals surface area contributed by atoms with Crippen LogP contribution in [0.4, 0.5) is 21.6 Å². The second-order valence-electron chi connectivity index (χ2n) is 9.62. The SMILES string of the molecule is CC(C)(O)c1ccc(F)c(-c2cc(Nc3ccc(N4CCC(O)CC4)cn3)c3c(=O)[nH]ccc3n2)c1. The van der Waals surface area contributed by atoms with Crippen LogP contribution in [-0.4, -0.2) is 44.4 Å². The van der Waals surface area contributed by atoms with Gasteiger partial charge in [0.1, 0.15) is 11.6 Å². The maximum atomic E-state index is 14.9. The van der Waals surface area contributed by atoms with Crippen LogP contribution in [-0.2, 0) is 5.60 Å². The number of nitrogens with one attached hydrogen (secondary N) is 2. The highest BCUT2D eigenvalue weighted by atomic mass is 19.1. The number of aromatic nitrogens is 3. The topological polar surface area (TPSA) is 114 Å². The normalized spacial score (nSPS) is 14.9. The molecule has 0 bridgehead atoms. The molecule has 0 saturated carbocycles. The summed E-state index contributed by atoms with van der Waals surface area (Å²) in [5.41, 5.74) is 1.39. The van der Waals surface area contributed by atoms with Gasteiger partial charge in [0.15, 0.2) is 0 Å². The zero-order valence-electron chi connectivity index (χ0n) is 20.1. The van der Waals surface area contributed by atoms with Crippen LogP contribution in [0.3, 0.4) is 0 Å². The Labute approximate surface area is 207 Å². The van der Waals surface area contributed by atoms with E-state index in [1.54, 1.807) is 38.2 Å². The minimum absolute atomic E-state index is 0.218. The summed E-state index contributed by atoms with van der Waals surface area (Å²) in [6, 6.07) is 11.4. The Balaban J connectivity index is 1.53. The van der Waals surface area contributed by atoms with Gasteiger partial charge in [-0.05, 0) is 68.7 Å². The number of pyridine rings is 3. The van der Waals surface area contributed by atoms with Crippen LogP contribution in [0.25, 0.3) is 22.2 Å². The Kier molecular flexibility index (Phi) is 6.19. The molecule has 0 unspecified atom stereocenters. The van der Waals surface area contributed by atoms with Crippen molar-refractivity contribution in [2.45, 2.75) is 38.4 Å². The van der Waals surface area contributed by atoms with E-state index >= 15 is 0 Å². The number of aromatic amines is 1. The van der Waals surface area contributed by atoms with E-state index < -0.39 is 11.4 Å². The molecule has 5 rings (SSSR count). The van der Waals surface area contributed by atoms with Crippen LogP contribution in [0, 0.1) is 5.82 Å². The van der Waals surface area contributed by atoms with Crippen molar-refractivity contribution in [3.63, 3.8) is 0 Å². The molecule has 9 heteroatoms. The number of rotatable bonds is 5. The first-order chi connectivity index (χ1) is 17.2. The molecule has 0 radical (unpaired) electrons. The Morgan fingerprint density at radius 3 is 2.61 bits per heavy atom. The number of hydrogen-bond acceptors (Lipinski definition) is 7. The van der Waals surface area contributed by atoms with Crippen molar-refractivity contribution in [3.05, 3.63) is 76.6 Å². The van der Waals surface area contributed by atoms with Crippen LogP contribution in [0.2, 0.25) is 0 Å². The molecule has 0 aliphatic carbocycles. The molecule has 186 valence electrons. The molecule has 1 aromatic carbocycles. The largest absolute Gasteiger partial charge is 0.393 e. The average molecular weight is 490 g/mol. The summed E-state index contributed by atoms with van der Waals surface area (Å²) >= 11 is 0. The minimum atomic E-state index is -1.16. The van der Waals surface area contributed by atoms with Gasteiger partial charge >= 0.3 is 0 Å². The van der Waals surface area contributed by atoms with Crippen molar-refractivity contribution in [2.75, 3.05) is 23.3 Å². The molecular formula is C27H28FN5O3. The van der Waals surface area contributed by atoms with Crippen LogP contribution in [0.5, 0.6) is 0 Å². The number of H-pyrrole nitrogens is 1. The van der Waals surface area contributed by atoms with Crippen molar-refractivity contribution >= 4 is 28.1 Å². The molecule has 4 heterocycles. The van der Waals surface area contributed by atoms with Gasteiger partial charge in [-0.1, -0.05) is 6.07 Å². The third-order valence-corrected chi connectivity index (χ3v) is 6.52. The predicted octanol–water partition coefficient (Wildman–Crippen LogP) is 4.06. The van der Waals surface area contributed by atoms with E-state index in [1.807, 2.05) is 12.1 Å². The van der Waals surface area contributed by atoms with Gasteiger partial charge in [-0.15, -0.1) is 0 Å². The number of piperidine rings is 1. The number of hydrogen-bond donors (Lipinski definition) is 4. The summed E-state index contributed by atoms with van der Waals surface area (Å²) in [6.45, 7) is 4.79. The van der Waals surface area contributed by atoms with Crippen molar-refractivity contribution in [1.82, 2.24) is 15.0 Å². The number of nitrogens with zero attached hydrogens (tertiary/aromatic N) is 3. The number of halogens is 1. The summed E-state index contributed by atoms with van der Waals surface area (Å²) in [7, 11) is 0. The van der Waals surface area contributed by atoms with E-state index in [0.717, 1.165) is 31.6 Å². The summed E-state index contributed by atoms with van der Waals surface area (Å²) < 4.78 is 14.9. The Morgan fingerprint density at radius 1 is 1.14 bits per heavy atom. The fraction of sp³-hybridized carbons (Fsp3) is 0.296. The quantitative estimate of drug-likeness (QED) is 0.334. The van der Waals surface area contributed by atoms with Gasteiger partial charge in [0.25, 0.3) is 5.56 Å². The van der Waals surface area contributed by atoms with Crippen LogP contribution in [0.15, 0.2) is 59.7 Å². The van der Waals surface area contributed by atoms with Gasteiger partial charge in [-0.2, -0.15) is 0 Å². The second kappa shape index (κ2) is 9.33. The molecule has 3 aromatic heterocycles. The van der Waals surface area contributed by atoms with Crippen molar-refractivity contribution in [2.24, 2.45) is 0 Å². The van der Waals surface area contributed by atoms with E-state index in [4.69, 9.17) is 0 Å². The van der Waals surface area contributed by atoms with Crippen LogP contribution >= 0.6 is 0 Å². The lowest BCUT2D eigenvalue weighted by atomic mass is 9.95. The summed E-state index contributed by atoms with van der Waals surface area (Å²) in [5, 5.41) is 23.7. The lowest BCUT2D eigenvalue weighted by Crippen LogP contribution is -2.35. The Morgan fingerprint density at radius 2 is 1.92 bits per heavy atom. The molecule has 0 amide bonds. The molecule has 8 nitrogen and oxygen atoms in total. The lowest BCUT2D eigenvalue weighted by Gasteiger charge is -2.31. The molecule has 1 saturated heterocycles. The molecule has 36 heavy (non-hydrogen) atoms. The molecule has 1 aliphatic heterocycles. The monoisotopic (exact) mass is 489 g/mol.